The molecule has 1 aromatic carbocycles. The van der Waals surface area contributed by atoms with Crippen molar-refractivity contribution < 1.29 is 4.79 Å². The highest BCUT2D eigenvalue weighted by Crippen LogP contribution is 2.31. The quantitative estimate of drug-likeness (QED) is 0.732. The number of thioether (sulfide) groups is 1. The predicted octanol–water partition coefficient (Wildman–Crippen LogP) is 4.78. The first-order valence-corrected chi connectivity index (χ1v) is 8.97. The Bertz CT molecular complexity index is 519. The molecule has 0 radical (unpaired) electrons. The Morgan fingerprint density at radius 2 is 2.10 bits per heavy atom. The predicted molar refractivity (Wildman–Crippen MR) is 93.0 cm³/mol. The van der Waals surface area contributed by atoms with Gasteiger partial charge in [-0.1, -0.05) is 43.1 Å². The van der Waals surface area contributed by atoms with Crippen molar-refractivity contribution in [3.63, 3.8) is 0 Å². The number of nitrogens with zero attached hydrogens (tertiary/aromatic N) is 1. The molecule has 5 heteroatoms. The van der Waals surface area contributed by atoms with Gasteiger partial charge in [0.25, 0.3) is 0 Å². The number of benzene rings is 1. The average molecular weight is 346 g/mol. The highest BCUT2D eigenvalue weighted by molar-refractivity contribution is 8.00. The fraction of sp³-hybridized carbons (Fsp3) is 0.562. The van der Waals surface area contributed by atoms with Crippen molar-refractivity contribution in [3.05, 3.63) is 33.8 Å². The van der Waals surface area contributed by atoms with Gasteiger partial charge in [-0.2, -0.15) is 11.8 Å². The minimum Gasteiger partial charge on any atom is -0.302 e. The molecule has 1 aliphatic heterocycles. The van der Waals surface area contributed by atoms with Crippen molar-refractivity contribution in [2.75, 3.05) is 25.4 Å². The van der Waals surface area contributed by atoms with E-state index in [1.165, 1.54) is 0 Å². The molecule has 0 N–H and O–H groups in total. The van der Waals surface area contributed by atoms with Gasteiger partial charge in [-0.25, -0.2) is 0 Å². The topological polar surface area (TPSA) is 20.3 Å². The molecule has 0 unspecified atom stereocenters. The molecule has 0 spiro atoms. The summed E-state index contributed by atoms with van der Waals surface area (Å²) >= 11 is 14.1. The molecule has 1 aliphatic rings. The summed E-state index contributed by atoms with van der Waals surface area (Å²) in [5.41, 5.74) is 0.536. The zero-order valence-electron chi connectivity index (χ0n) is 12.5. The van der Waals surface area contributed by atoms with Crippen LogP contribution >= 0.6 is 35.0 Å². The number of rotatable bonds is 4. The summed E-state index contributed by atoms with van der Waals surface area (Å²) in [6.07, 6.45) is 1.65. The molecule has 0 aliphatic carbocycles. The maximum Gasteiger partial charge on any atom is 0.165 e. The van der Waals surface area contributed by atoms with Crippen molar-refractivity contribution >= 4 is 40.7 Å². The van der Waals surface area contributed by atoms with E-state index < -0.39 is 0 Å². The molecule has 1 heterocycles. The Labute approximate surface area is 141 Å². The summed E-state index contributed by atoms with van der Waals surface area (Å²) in [5.74, 6) is 1.19. The van der Waals surface area contributed by atoms with Crippen LogP contribution in [0.1, 0.15) is 37.0 Å². The van der Waals surface area contributed by atoms with E-state index in [4.69, 9.17) is 23.2 Å². The minimum absolute atomic E-state index is 0.0682. The number of ketones is 1. The van der Waals surface area contributed by atoms with Crippen LogP contribution in [-0.4, -0.2) is 40.8 Å². The summed E-state index contributed by atoms with van der Waals surface area (Å²) < 4.78 is 0.342. The first-order chi connectivity index (χ1) is 9.89. The second-order valence-electron chi connectivity index (χ2n) is 5.97. The largest absolute Gasteiger partial charge is 0.302 e. The van der Waals surface area contributed by atoms with Gasteiger partial charge in [0, 0.05) is 35.6 Å². The van der Waals surface area contributed by atoms with Crippen molar-refractivity contribution in [2.45, 2.75) is 31.4 Å². The molecule has 21 heavy (non-hydrogen) atoms. The molecule has 1 saturated heterocycles. The van der Waals surface area contributed by atoms with Crippen molar-refractivity contribution in [3.8, 4) is 0 Å². The van der Waals surface area contributed by atoms with Crippen molar-refractivity contribution in [1.82, 2.24) is 4.90 Å². The van der Waals surface area contributed by atoms with Crippen LogP contribution in [0.5, 0.6) is 0 Å². The Morgan fingerprint density at radius 3 is 2.86 bits per heavy atom. The molecule has 0 bridgehead atoms. The summed E-state index contributed by atoms with van der Waals surface area (Å²) in [7, 11) is 0. The van der Waals surface area contributed by atoms with Crippen LogP contribution in [0.2, 0.25) is 10.0 Å². The van der Waals surface area contributed by atoms with Crippen molar-refractivity contribution in [2.24, 2.45) is 0 Å². The third kappa shape index (κ3) is 4.88. The molecule has 116 valence electrons. The molecule has 0 saturated carbocycles. The van der Waals surface area contributed by atoms with Gasteiger partial charge in [0.05, 0.1) is 10.0 Å². The Hall–Kier alpha value is -0.220. The monoisotopic (exact) mass is 345 g/mol. The number of hydrogen-bond donors (Lipinski definition) is 0. The maximum absolute atomic E-state index is 12.3. The van der Waals surface area contributed by atoms with Gasteiger partial charge in [0.15, 0.2) is 5.78 Å². The molecule has 0 aromatic heterocycles. The zero-order valence-corrected chi connectivity index (χ0v) is 14.8. The average Bonchev–Trinajstić information content (AvgIpc) is 2.60. The lowest BCUT2D eigenvalue weighted by Gasteiger charge is -2.22. The molecule has 1 fully saturated rings. The summed E-state index contributed by atoms with van der Waals surface area (Å²) in [6.45, 7) is 7.47. The van der Waals surface area contributed by atoms with E-state index in [0.717, 1.165) is 31.8 Å². The van der Waals surface area contributed by atoms with Gasteiger partial charge in [-0.15, -0.1) is 0 Å². The first-order valence-electron chi connectivity index (χ1n) is 7.22. The highest BCUT2D eigenvalue weighted by atomic mass is 35.5. The molecular weight excluding hydrogens is 325 g/mol. The van der Waals surface area contributed by atoms with Gasteiger partial charge in [0.1, 0.15) is 0 Å². The van der Waals surface area contributed by atoms with E-state index >= 15 is 0 Å². The lowest BCUT2D eigenvalue weighted by molar-refractivity contribution is 0.0965. The Kier molecular flexibility index (Phi) is 6.01. The summed E-state index contributed by atoms with van der Waals surface area (Å²) in [6, 6.07) is 5.22. The van der Waals surface area contributed by atoms with Gasteiger partial charge < -0.3 is 4.90 Å². The Balaban J connectivity index is 1.91. The molecular formula is C16H21Cl2NOS. The number of halogens is 2. The number of Topliss-reactive ketones (excluding diaryl/α,β-unsaturated/α-hetero) is 1. The van der Waals surface area contributed by atoms with E-state index in [1.54, 1.807) is 18.2 Å². The van der Waals surface area contributed by atoms with Crippen LogP contribution in [0.15, 0.2) is 18.2 Å². The second-order valence-corrected chi connectivity index (χ2v) is 8.56. The Morgan fingerprint density at radius 1 is 1.33 bits per heavy atom. The molecule has 1 aromatic rings. The smallest absolute Gasteiger partial charge is 0.165 e. The molecule has 0 amide bonds. The lowest BCUT2D eigenvalue weighted by Crippen LogP contribution is -2.29. The highest BCUT2D eigenvalue weighted by Gasteiger charge is 2.24. The molecule has 2 rings (SSSR count). The van der Waals surface area contributed by atoms with Gasteiger partial charge in [0.2, 0.25) is 0 Å². The van der Waals surface area contributed by atoms with Crippen LogP contribution in [0.25, 0.3) is 0 Å². The minimum atomic E-state index is 0.0682. The van der Waals surface area contributed by atoms with Crippen LogP contribution in [-0.2, 0) is 0 Å². The number of hydrogen-bond acceptors (Lipinski definition) is 3. The first kappa shape index (κ1) is 17.1. The number of carbonyl (C=O) groups excluding carboxylic acids is 1. The standard InChI is InChI=1S/C16H21Cl2NOS/c1-16(2)7-9-19(10-11-21-16)8-6-14(20)12-4-3-5-13(17)15(12)18/h3-5H,6-11H2,1-2H3. The van der Waals surface area contributed by atoms with Crippen LogP contribution in [0, 0.1) is 0 Å². The maximum atomic E-state index is 12.3. The van der Waals surface area contributed by atoms with Gasteiger partial charge in [-0.05, 0) is 25.1 Å². The van der Waals surface area contributed by atoms with Crippen LogP contribution in [0.3, 0.4) is 0 Å². The SMILES string of the molecule is CC1(C)CCN(CCC(=O)c2cccc(Cl)c2Cl)CCS1. The van der Waals surface area contributed by atoms with E-state index in [-0.39, 0.29) is 5.78 Å². The van der Waals surface area contributed by atoms with Gasteiger partial charge >= 0.3 is 0 Å². The number of carbonyl (C=O) groups is 1. The fourth-order valence-corrected chi connectivity index (χ4v) is 3.94. The zero-order chi connectivity index (χ0) is 15.5. The summed E-state index contributed by atoms with van der Waals surface area (Å²) in [5, 5.41) is 0.812. The molecule has 2 nitrogen and oxygen atoms in total. The van der Waals surface area contributed by atoms with Crippen LogP contribution in [0.4, 0.5) is 0 Å². The van der Waals surface area contributed by atoms with E-state index in [1.807, 2.05) is 11.8 Å². The normalized spacial score (nSPS) is 19.2. The van der Waals surface area contributed by atoms with E-state index in [9.17, 15) is 4.79 Å². The summed E-state index contributed by atoms with van der Waals surface area (Å²) in [4.78, 5) is 14.7. The van der Waals surface area contributed by atoms with E-state index in [0.29, 0.717) is 26.8 Å². The molecule has 0 atom stereocenters. The van der Waals surface area contributed by atoms with Crippen molar-refractivity contribution in [1.29, 1.82) is 0 Å². The fourth-order valence-electron chi connectivity index (χ4n) is 2.40. The third-order valence-corrected chi connectivity index (χ3v) is 6.03. The lowest BCUT2D eigenvalue weighted by atomic mass is 10.1. The third-order valence-electron chi connectivity index (χ3n) is 3.84. The second kappa shape index (κ2) is 7.36. The van der Waals surface area contributed by atoms with Gasteiger partial charge in [-0.3, -0.25) is 4.79 Å². The van der Waals surface area contributed by atoms with E-state index in [2.05, 4.69) is 18.7 Å². The van der Waals surface area contributed by atoms with Crippen LogP contribution < -0.4 is 0 Å².